The maximum atomic E-state index is 12.1. The van der Waals surface area contributed by atoms with E-state index in [-0.39, 0.29) is 5.91 Å². The second kappa shape index (κ2) is 20.5. The molecule has 5 rings (SSSR count). The van der Waals surface area contributed by atoms with E-state index in [2.05, 4.69) is 52.5 Å². The van der Waals surface area contributed by atoms with Gasteiger partial charge in [-0.2, -0.15) is 0 Å². The van der Waals surface area contributed by atoms with Gasteiger partial charge in [0.1, 0.15) is 5.75 Å². The Kier molecular flexibility index (Phi) is 17.1. The summed E-state index contributed by atoms with van der Waals surface area (Å²) < 4.78 is 5.77. The van der Waals surface area contributed by atoms with Crippen molar-refractivity contribution < 1.29 is 9.53 Å². The van der Waals surface area contributed by atoms with Gasteiger partial charge in [-0.15, -0.1) is 0 Å². The second-order valence-corrected chi connectivity index (χ2v) is 14.3. The molecule has 4 aliphatic rings. The summed E-state index contributed by atoms with van der Waals surface area (Å²) in [5, 5.41) is 6.27. The van der Waals surface area contributed by atoms with Crippen molar-refractivity contribution in [3.05, 3.63) is 29.3 Å². The summed E-state index contributed by atoms with van der Waals surface area (Å²) >= 11 is 0. The fourth-order valence-corrected chi connectivity index (χ4v) is 7.08. The number of hydrogen-bond donors (Lipinski definition) is 2. The smallest absolute Gasteiger partial charge is 0.261 e. The van der Waals surface area contributed by atoms with Gasteiger partial charge in [-0.1, -0.05) is 43.4 Å². The Hall–Kier alpha value is -1.67. The Morgan fingerprint density at radius 1 is 0.818 bits per heavy atom. The summed E-state index contributed by atoms with van der Waals surface area (Å²) in [5.41, 5.74) is 2.26. The molecular formula is C37H67N5O2. The van der Waals surface area contributed by atoms with E-state index in [4.69, 9.17) is 4.74 Å². The van der Waals surface area contributed by atoms with Crippen LogP contribution in [-0.2, 0) is 4.79 Å². The molecule has 0 bridgehead atoms. The quantitative estimate of drug-likeness (QED) is 0.363. The lowest BCUT2D eigenvalue weighted by atomic mass is 9.83. The highest BCUT2D eigenvalue weighted by molar-refractivity contribution is 5.80. The van der Waals surface area contributed by atoms with Crippen molar-refractivity contribution in [2.45, 2.75) is 116 Å². The normalized spacial score (nSPS) is 22.2. The molecule has 0 spiro atoms. The van der Waals surface area contributed by atoms with Crippen LogP contribution < -0.4 is 15.4 Å². The zero-order valence-electron chi connectivity index (χ0n) is 29.3. The molecule has 44 heavy (non-hydrogen) atoms. The third kappa shape index (κ3) is 14.2. The molecular weight excluding hydrogens is 546 g/mol. The van der Waals surface area contributed by atoms with E-state index in [1.54, 1.807) is 6.92 Å². The number of nitrogens with zero attached hydrogens (tertiary/aromatic N) is 3. The van der Waals surface area contributed by atoms with Gasteiger partial charge in [0.15, 0.2) is 6.10 Å². The van der Waals surface area contributed by atoms with Gasteiger partial charge in [-0.05, 0) is 162 Å². The SMILES string of the molecule is CN1CCC(CC2CCN(C)CC2)CC1.CNC1CCCCC1.Cc1ccc(OC(C)C(=O)NCN2CCCCC2)c(C)c1. The van der Waals surface area contributed by atoms with Crippen LogP contribution >= 0.6 is 0 Å². The van der Waals surface area contributed by atoms with Crippen molar-refractivity contribution in [2.24, 2.45) is 11.8 Å². The molecule has 3 saturated heterocycles. The number of ether oxygens (including phenoxy) is 1. The molecule has 1 aliphatic carbocycles. The van der Waals surface area contributed by atoms with E-state index in [0.29, 0.717) is 6.67 Å². The number of carbonyl (C=O) groups excluding carboxylic acids is 1. The lowest BCUT2D eigenvalue weighted by Crippen LogP contribution is -2.44. The van der Waals surface area contributed by atoms with Gasteiger partial charge in [-0.25, -0.2) is 0 Å². The van der Waals surface area contributed by atoms with Crippen LogP contribution in [-0.4, -0.2) is 99.8 Å². The van der Waals surface area contributed by atoms with Gasteiger partial charge in [0.25, 0.3) is 5.91 Å². The molecule has 2 N–H and O–H groups in total. The van der Waals surface area contributed by atoms with E-state index in [9.17, 15) is 4.79 Å². The van der Waals surface area contributed by atoms with Gasteiger partial charge >= 0.3 is 0 Å². The Labute approximate surface area is 270 Å². The van der Waals surface area contributed by atoms with Crippen molar-refractivity contribution >= 4 is 5.91 Å². The van der Waals surface area contributed by atoms with Crippen LogP contribution in [0.15, 0.2) is 18.2 Å². The Morgan fingerprint density at radius 3 is 1.86 bits per heavy atom. The van der Waals surface area contributed by atoms with Crippen molar-refractivity contribution in [1.82, 2.24) is 25.3 Å². The first-order chi connectivity index (χ1) is 21.2. The molecule has 1 aromatic rings. The largest absolute Gasteiger partial charge is 0.481 e. The Bertz CT molecular complexity index is 894. The number of piperidine rings is 3. The number of nitrogens with one attached hydrogen (secondary N) is 2. The van der Waals surface area contributed by atoms with Crippen LogP contribution in [0.3, 0.4) is 0 Å². The average molecular weight is 614 g/mol. The minimum Gasteiger partial charge on any atom is -0.481 e. The number of rotatable bonds is 8. The van der Waals surface area contributed by atoms with E-state index >= 15 is 0 Å². The third-order valence-corrected chi connectivity index (χ3v) is 10.3. The highest BCUT2D eigenvalue weighted by atomic mass is 16.5. The summed E-state index contributed by atoms with van der Waals surface area (Å²) in [5.74, 6) is 2.80. The number of carbonyl (C=O) groups is 1. The van der Waals surface area contributed by atoms with Gasteiger partial charge < -0.3 is 25.2 Å². The van der Waals surface area contributed by atoms with Crippen LogP contribution in [0.2, 0.25) is 0 Å². The van der Waals surface area contributed by atoms with Crippen LogP contribution in [0.5, 0.6) is 5.75 Å². The third-order valence-electron chi connectivity index (χ3n) is 10.3. The summed E-state index contributed by atoms with van der Waals surface area (Å²) in [6, 6.07) is 6.83. The highest BCUT2D eigenvalue weighted by Crippen LogP contribution is 2.29. The first-order valence-electron chi connectivity index (χ1n) is 18.0. The molecule has 1 aromatic carbocycles. The Balaban J connectivity index is 0.000000199. The summed E-state index contributed by atoms with van der Waals surface area (Å²) in [6.07, 6.45) is 17.7. The number of amides is 1. The second-order valence-electron chi connectivity index (χ2n) is 14.3. The molecule has 1 atom stereocenters. The van der Waals surface area contributed by atoms with E-state index in [0.717, 1.165) is 42.3 Å². The van der Waals surface area contributed by atoms with Crippen molar-refractivity contribution in [1.29, 1.82) is 0 Å². The molecule has 1 amide bonds. The molecule has 0 radical (unpaired) electrons. The molecule has 252 valence electrons. The highest BCUT2D eigenvalue weighted by Gasteiger charge is 2.23. The molecule has 7 heteroatoms. The zero-order chi connectivity index (χ0) is 31.7. The molecule has 3 aliphatic heterocycles. The maximum Gasteiger partial charge on any atom is 0.261 e. The number of hydrogen-bond acceptors (Lipinski definition) is 6. The summed E-state index contributed by atoms with van der Waals surface area (Å²) in [4.78, 5) is 19.3. The molecule has 3 heterocycles. The molecule has 1 unspecified atom stereocenters. The van der Waals surface area contributed by atoms with Gasteiger partial charge in [0, 0.05) is 6.04 Å². The first-order valence-corrected chi connectivity index (χ1v) is 18.0. The molecule has 7 nitrogen and oxygen atoms in total. The van der Waals surface area contributed by atoms with Crippen LogP contribution in [0, 0.1) is 25.7 Å². The van der Waals surface area contributed by atoms with Crippen molar-refractivity contribution in [3.63, 3.8) is 0 Å². The Morgan fingerprint density at radius 2 is 1.36 bits per heavy atom. The minimum atomic E-state index is -0.476. The van der Waals surface area contributed by atoms with Gasteiger partial charge in [0.2, 0.25) is 0 Å². The van der Waals surface area contributed by atoms with Crippen molar-refractivity contribution in [2.75, 3.05) is 67.1 Å². The standard InChI is InChI=1S/C17H26N2O2.C13H26N2.C7H15N/c1-13-7-8-16(14(2)11-13)21-15(3)17(20)18-12-19-9-5-4-6-10-19;1-14-7-3-12(4-8-14)11-13-5-9-15(2)10-6-13;1-8-7-5-3-2-4-6-7/h7-8,11,15H,4-6,9-10,12H2,1-3H3,(H,18,20);12-13H,3-11H2,1-2H3;7-8H,2-6H2,1H3. The van der Waals surface area contributed by atoms with Gasteiger partial charge in [-0.3, -0.25) is 9.69 Å². The van der Waals surface area contributed by atoms with Crippen molar-refractivity contribution in [3.8, 4) is 5.75 Å². The van der Waals surface area contributed by atoms with Gasteiger partial charge in [0.05, 0.1) is 6.67 Å². The predicted octanol–water partition coefficient (Wildman–Crippen LogP) is 6.23. The molecule has 0 aromatic heterocycles. The first kappa shape index (κ1) is 36.8. The van der Waals surface area contributed by atoms with Crippen LogP contribution in [0.4, 0.5) is 0 Å². The number of benzene rings is 1. The maximum absolute atomic E-state index is 12.1. The van der Waals surface area contributed by atoms with E-state index in [1.807, 2.05) is 26.0 Å². The molecule has 4 fully saturated rings. The minimum absolute atomic E-state index is 0.0550. The fourth-order valence-electron chi connectivity index (χ4n) is 7.08. The van der Waals surface area contributed by atoms with Crippen LogP contribution in [0.1, 0.15) is 102 Å². The summed E-state index contributed by atoms with van der Waals surface area (Å²) in [7, 11) is 6.58. The lowest BCUT2D eigenvalue weighted by molar-refractivity contribution is -0.128. The van der Waals surface area contributed by atoms with E-state index < -0.39 is 6.10 Å². The zero-order valence-corrected chi connectivity index (χ0v) is 29.3. The predicted molar refractivity (Wildman–Crippen MR) is 185 cm³/mol. The summed E-state index contributed by atoms with van der Waals surface area (Å²) in [6.45, 7) is 13.9. The molecule has 1 saturated carbocycles. The monoisotopic (exact) mass is 614 g/mol. The number of likely N-dealkylation sites (tertiary alicyclic amines) is 3. The lowest BCUT2D eigenvalue weighted by Gasteiger charge is -2.34. The van der Waals surface area contributed by atoms with Crippen LogP contribution in [0.25, 0.3) is 0 Å². The topological polar surface area (TPSA) is 60.1 Å². The number of aryl methyl sites for hydroxylation is 2. The van der Waals surface area contributed by atoms with E-state index in [1.165, 1.54) is 115 Å². The average Bonchev–Trinajstić information content (AvgIpc) is 3.05. The fraction of sp³-hybridized carbons (Fsp3) is 0.811.